The Hall–Kier alpha value is 3.74. The average Bonchev–Trinajstić information content (AvgIpc) is 1.00. The van der Waals surface area contributed by atoms with Gasteiger partial charge in [0.05, 0.1) is 0 Å². The molecule has 0 aromatic heterocycles. The van der Waals surface area contributed by atoms with Crippen LogP contribution in [0.25, 0.3) is 0 Å². The zero-order chi connectivity index (χ0) is 2.00. The van der Waals surface area contributed by atoms with Gasteiger partial charge in [0.2, 0.25) is 0 Å². The summed E-state index contributed by atoms with van der Waals surface area (Å²) in [6.07, 6.45) is 0. The Labute approximate surface area is 128 Å². The molecule has 0 amide bonds. The molecule has 0 aliphatic heterocycles. The molecule has 6 heavy (non-hydrogen) atoms. The first-order valence-corrected chi connectivity index (χ1v) is 0.500. The van der Waals surface area contributed by atoms with Gasteiger partial charge in [0, 0.05) is 0 Å². The van der Waals surface area contributed by atoms with Gasteiger partial charge in [0.1, 0.15) is 0 Å². The van der Waals surface area contributed by atoms with E-state index < -0.39 is 0 Å². The van der Waals surface area contributed by atoms with E-state index in [-0.39, 0.29) is 118 Å². The molecule has 0 bridgehead atoms. The summed E-state index contributed by atoms with van der Waals surface area (Å²) < 4.78 is 0. The zero-order valence-electron chi connectivity index (χ0n) is 1.41. The first-order chi connectivity index (χ1) is 1.00. The topological polar surface area (TPSA) is 0 Å². The summed E-state index contributed by atoms with van der Waals surface area (Å²) in [6, 6.07) is 0. The molecule has 0 spiro atoms. The molecule has 0 aliphatic carbocycles. The predicted octanol–water partition coefficient (Wildman–Crippen LogP) is -1.79. The summed E-state index contributed by atoms with van der Waals surface area (Å²) in [7, 11) is 0. The SMILES string of the molecule is C=C.[NaH].[NaH].[NaH].[NaH]. The van der Waals surface area contributed by atoms with Gasteiger partial charge in [-0.1, -0.05) is 0 Å². The Bertz CT molecular complexity index is 5.51. The molecule has 0 atom stereocenters. The van der Waals surface area contributed by atoms with Gasteiger partial charge in [0.15, 0.2) is 0 Å². The van der Waals surface area contributed by atoms with E-state index in [0.29, 0.717) is 0 Å². The minimum atomic E-state index is 0. The van der Waals surface area contributed by atoms with Crippen LogP contribution in [0.4, 0.5) is 0 Å². The zero-order valence-corrected chi connectivity index (χ0v) is 1.41. The van der Waals surface area contributed by atoms with Crippen molar-refractivity contribution in [2.45, 2.75) is 0 Å². The van der Waals surface area contributed by atoms with Gasteiger partial charge in [-0.15, -0.1) is 13.2 Å². The molecule has 0 nitrogen and oxygen atoms in total. The van der Waals surface area contributed by atoms with E-state index in [9.17, 15) is 0 Å². The number of hydrogen-bond acceptors (Lipinski definition) is 0. The Morgan fingerprint density at radius 2 is 0.500 bits per heavy atom. The second-order valence-corrected chi connectivity index (χ2v) is 0. The summed E-state index contributed by atoms with van der Waals surface area (Å²) in [5, 5.41) is 0. The van der Waals surface area contributed by atoms with Crippen LogP contribution >= 0.6 is 0 Å². The first kappa shape index (κ1) is 33.1. The van der Waals surface area contributed by atoms with Crippen LogP contribution in [0, 0.1) is 0 Å². The first-order valence-electron chi connectivity index (χ1n) is 0.500. The minimum absolute atomic E-state index is 0. The van der Waals surface area contributed by atoms with Crippen molar-refractivity contribution < 1.29 is 0 Å². The quantitative estimate of drug-likeness (QED) is 0.264. The van der Waals surface area contributed by atoms with Crippen molar-refractivity contribution in [2.24, 2.45) is 0 Å². The van der Waals surface area contributed by atoms with E-state index >= 15 is 0 Å². The molecule has 0 N–H and O–H groups in total. The Balaban J connectivity index is -0.000000000833. The molecule has 0 aromatic carbocycles. The molecule has 0 saturated carbocycles. The molecule has 0 saturated heterocycles. The van der Waals surface area contributed by atoms with Crippen LogP contribution in [0.15, 0.2) is 13.2 Å². The third-order valence-electron chi connectivity index (χ3n) is 0. The van der Waals surface area contributed by atoms with Gasteiger partial charge in [-0.2, -0.15) is 0 Å². The molecule has 20 valence electrons. The van der Waals surface area contributed by atoms with Gasteiger partial charge in [-0.05, 0) is 0 Å². The summed E-state index contributed by atoms with van der Waals surface area (Å²) in [4.78, 5) is 0. The Kier molecular flexibility index (Phi) is 207. The fraction of sp³-hybridized carbons (Fsp3) is 0. The molecule has 0 aromatic rings. The summed E-state index contributed by atoms with van der Waals surface area (Å²) in [5.74, 6) is 0. The summed E-state index contributed by atoms with van der Waals surface area (Å²) in [6.45, 7) is 6.00. The van der Waals surface area contributed by atoms with E-state index in [0.717, 1.165) is 0 Å². The van der Waals surface area contributed by atoms with E-state index in [1.165, 1.54) is 0 Å². The van der Waals surface area contributed by atoms with Crippen LogP contribution in [0.1, 0.15) is 0 Å². The molecular weight excluding hydrogens is 116 g/mol. The molecule has 0 radical (unpaired) electrons. The maximum atomic E-state index is 3.00. The van der Waals surface area contributed by atoms with Gasteiger partial charge in [0.25, 0.3) is 0 Å². The van der Waals surface area contributed by atoms with Gasteiger partial charge >= 0.3 is 118 Å². The van der Waals surface area contributed by atoms with Crippen molar-refractivity contribution in [1.29, 1.82) is 0 Å². The molecule has 4 heteroatoms. The standard InChI is InChI=1S/C2H4.4Na.4H/c1-2;;;;;;;;/h1-2H2;;;;;;;;. The van der Waals surface area contributed by atoms with E-state index in [4.69, 9.17) is 0 Å². The summed E-state index contributed by atoms with van der Waals surface area (Å²) >= 11 is 0. The second-order valence-electron chi connectivity index (χ2n) is 0. The monoisotopic (exact) mass is 124 g/mol. The predicted molar refractivity (Wildman–Crippen MR) is 39.9 cm³/mol. The fourth-order valence-corrected chi connectivity index (χ4v) is 0. The molecule has 0 unspecified atom stereocenters. The van der Waals surface area contributed by atoms with Crippen molar-refractivity contribution in [2.75, 3.05) is 0 Å². The maximum absolute atomic E-state index is 3.00. The average molecular weight is 124 g/mol. The number of hydrogen-bond donors (Lipinski definition) is 0. The van der Waals surface area contributed by atoms with Gasteiger partial charge in [-0.3, -0.25) is 0 Å². The van der Waals surface area contributed by atoms with Crippen molar-refractivity contribution in [1.82, 2.24) is 0 Å². The van der Waals surface area contributed by atoms with E-state index in [2.05, 4.69) is 13.2 Å². The van der Waals surface area contributed by atoms with Crippen molar-refractivity contribution in [3.8, 4) is 0 Å². The van der Waals surface area contributed by atoms with Gasteiger partial charge < -0.3 is 0 Å². The summed E-state index contributed by atoms with van der Waals surface area (Å²) in [5.41, 5.74) is 0. The Morgan fingerprint density at radius 1 is 0.500 bits per heavy atom. The normalized spacial score (nSPS) is 0.667. The molecule has 0 fully saturated rings. The van der Waals surface area contributed by atoms with Crippen molar-refractivity contribution >= 4 is 118 Å². The Morgan fingerprint density at radius 3 is 0.500 bits per heavy atom. The number of rotatable bonds is 0. The van der Waals surface area contributed by atoms with Crippen LogP contribution in [-0.2, 0) is 0 Å². The molecule has 0 rings (SSSR count). The van der Waals surface area contributed by atoms with Gasteiger partial charge in [-0.25, -0.2) is 0 Å². The van der Waals surface area contributed by atoms with Crippen LogP contribution < -0.4 is 0 Å². The second kappa shape index (κ2) is 37.4. The van der Waals surface area contributed by atoms with Crippen LogP contribution in [0.5, 0.6) is 0 Å². The molecule has 0 heterocycles. The fourth-order valence-electron chi connectivity index (χ4n) is 0. The van der Waals surface area contributed by atoms with Crippen molar-refractivity contribution in [3.63, 3.8) is 0 Å². The van der Waals surface area contributed by atoms with Crippen LogP contribution in [0.2, 0.25) is 0 Å². The van der Waals surface area contributed by atoms with Crippen molar-refractivity contribution in [3.05, 3.63) is 13.2 Å². The third kappa shape index (κ3) is 25.1. The van der Waals surface area contributed by atoms with E-state index in [1.807, 2.05) is 0 Å². The van der Waals surface area contributed by atoms with Crippen LogP contribution in [0.3, 0.4) is 0 Å². The van der Waals surface area contributed by atoms with E-state index in [1.54, 1.807) is 0 Å². The molecular formula is C2H8Na4. The molecule has 0 aliphatic rings. The van der Waals surface area contributed by atoms with Crippen LogP contribution in [-0.4, -0.2) is 118 Å². The third-order valence-corrected chi connectivity index (χ3v) is 0.